The number of allylic oxidation sites excluding steroid dienone is 2. The maximum Gasteiger partial charge on any atom is 0.187 e. The number of hydrogen-bond acceptors (Lipinski definition) is 6. The van der Waals surface area contributed by atoms with Gasteiger partial charge < -0.3 is 5.73 Å². The number of aromatic nitrogens is 2. The lowest BCUT2D eigenvalue weighted by Gasteiger charge is -1.99. The van der Waals surface area contributed by atoms with Crippen LogP contribution in [0.1, 0.15) is 6.92 Å². The molecule has 1 rings (SSSR count). The van der Waals surface area contributed by atoms with Crippen LogP contribution in [0.4, 0.5) is 0 Å². The number of nitrogens with two attached hydrogens (primary N) is 1. The van der Waals surface area contributed by atoms with E-state index < -0.39 is 0 Å². The van der Waals surface area contributed by atoms with Crippen molar-refractivity contribution in [1.29, 1.82) is 5.26 Å². The molecule has 0 aliphatic heterocycles. The third-order valence-electron chi connectivity index (χ3n) is 1.66. The highest BCUT2D eigenvalue weighted by Crippen LogP contribution is 2.13. The van der Waals surface area contributed by atoms with Gasteiger partial charge in [0.05, 0.1) is 5.75 Å². The topological polar surface area (TPSA) is 92.7 Å². The average Bonchev–Trinajstić information content (AvgIpc) is 2.28. The van der Waals surface area contributed by atoms with Gasteiger partial charge in [0, 0.05) is 18.1 Å². The van der Waals surface area contributed by atoms with Crippen molar-refractivity contribution in [3.8, 4) is 6.07 Å². The molecule has 6 heteroatoms. The Labute approximate surface area is 97.4 Å². The van der Waals surface area contributed by atoms with Crippen LogP contribution < -0.4 is 5.73 Å². The van der Waals surface area contributed by atoms with E-state index in [9.17, 15) is 4.79 Å². The quantitative estimate of drug-likeness (QED) is 0.360. The summed E-state index contributed by atoms with van der Waals surface area (Å²) in [6.45, 7) is 1.53. The SMILES string of the molecule is CC(N)=C(C#N)C(=O)CSc1ncccn1. The second kappa shape index (κ2) is 5.88. The summed E-state index contributed by atoms with van der Waals surface area (Å²) < 4.78 is 0. The summed E-state index contributed by atoms with van der Waals surface area (Å²) in [7, 11) is 0. The van der Waals surface area contributed by atoms with Crippen molar-refractivity contribution in [3.63, 3.8) is 0 Å². The van der Waals surface area contributed by atoms with Crippen LogP contribution >= 0.6 is 11.8 Å². The standard InChI is InChI=1S/C10H10N4OS/c1-7(12)8(5-11)9(15)6-16-10-13-3-2-4-14-10/h2-4H,6,12H2,1H3. The lowest BCUT2D eigenvalue weighted by molar-refractivity contribution is -0.112. The van der Waals surface area contributed by atoms with Gasteiger partial charge in [-0.1, -0.05) is 11.8 Å². The van der Waals surface area contributed by atoms with E-state index in [1.165, 1.54) is 18.7 Å². The van der Waals surface area contributed by atoms with Crippen LogP contribution in [0.15, 0.2) is 34.9 Å². The van der Waals surface area contributed by atoms with E-state index in [0.717, 1.165) is 0 Å². The number of ketones is 1. The van der Waals surface area contributed by atoms with E-state index in [0.29, 0.717) is 5.16 Å². The Kier molecular flexibility index (Phi) is 4.48. The molecule has 0 saturated heterocycles. The normalized spacial score (nSPS) is 11.5. The zero-order valence-electron chi connectivity index (χ0n) is 8.67. The molecule has 0 unspecified atom stereocenters. The summed E-state index contributed by atoms with van der Waals surface area (Å²) >= 11 is 1.18. The predicted octanol–water partition coefficient (Wildman–Crippen LogP) is 0.894. The molecule has 0 bridgehead atoms. The van der Waals surface area contributed by atoms with Gasteiger partial charge in [-0.05, 0) is 13.0 Å². The van der Waals surface area contributed by atoms with Crippen molar-refractivity contribution in [2.75, 3.05) is 5.75 Å². The van der Waals surface area contributed by atoms with Gasteiger partial charge in [-0.2, -0.15) is 5.26 Å². The maximum atomic E-state index is 11.6. The summed E-state index contributed by atoms with van der Waals surface area (Å²) in [5.74, 6) is -0.193. The van der Waals surface area contributed by atoms with Crippen LogP contribution in [0.5, 0.6) is 0 Å². The van der Waals surface area contributed by atoms with Crippen molar-refractivity contribution in [1.82, 2.24) is 9.97 Å². The first kappa shape index (κ1) is 12.2. The number of thioether (sulfide) groups is 1. The van der Waals surface area contributed by atoms with Gasteiger partial charge in [-0.25, -0.2) is 9.97 Å². The van der Waals surface area contributed by atoms with Crippen LogP contribution in [-0.4, -0.2) is 21.5 Å². The fourth-order valence-corrected chi connectivity index (χ4v) is 1.61. The van der Waals surface area contributed by atoms with E-state index >= 15 is 0 Å². The average molecular weight is 234 g/mol. The van der Waals surface area contributed by atoms with Gasteiger partial charge in [0.15, 0.2) is 10.9 Å². The van der Waals surface area contributed by atoms with Crippen molar-refractivity contribution >= 4 is 17.5 Å². The van der Waals surface area contributed by atoms with E-state index in [2.05, 4.69) is 9.97 Å². The third-order valence-corrected chi connectivity index (χ3v) is 2.53. The van der Waals surface area contributed by atoms with Gasteiger partial charge in [-0.15, -0.1) is 0 Å². The first-order chi connectivity index (χ1) is 7.65. The molecule has 1 aromatic heterocycles. The third kappa shape index (κ3) is 3.37. The van der Waals surface area contributed by atoms with E-state index in [1.54, 1.807) is 24.5 Å². The highest BCUT2D eigenvalue weighted by atomic mass is 32.2. The molecule has 82 valence electrons. The molecule has 0 amide bonds. The Morgan fingerprint density at radius 2 is 2.19 bits per heavy atom. The summed E-state index contributed by atoms with van der Waals surface area (Å²) in [5, 5.41) is 9.22. The molecule has 0 aliphatic carbocycles. The first-order valence-corrected chi connectivity index (χ1v) is 5.43. The highest BCUT2D eigenvalue weighted by Gasteiger charge is 2.12. The van der Waals surface area contributed by atoms with Crippen molar-refractivity contribution < 1.29 is 4.79 Å². The predicted molar refractivity (Wildman–Crippen MR) is 60.3 cm³/mol. The highest BCUT2D eigenvalue weighted by molar-refractivity contribution is 7.99. The van der Waals surface area contributed by atoms with E-state index in [-0.39, 0.29) is 22.8 Å². The summed E-state index contributed by atoms with van der Waals surface area (Å²) in [5.41, 5.74) is 5.65. The maximum absolute atomic E-state index is 11.6. The molecule has 0 aliphatic rings. The number of Topliss-reactive ketones (excluding diaryl/α,β-unsaturated/α-hetero) is 1. The van der Waals surface area contributed by atoms with Crippen molar-refractivity contribution in [2.45, 2.75) is 12.1 Å². The van der Waals surface area contributed by atoms with Gasteiger partial charge >= 0.3 is 0 Å². The van der Waals surface area contributed by atoms with Crippen molar-refractivity contribution in [3.05, 3.63) is 29.7 Å². The minimum atomic E-state index is -0.306. The van der Waals surface area contributed by atoms with Gasteiger partial charge in [0.25, 0.3) is 0 Å². The smallest absolute Gasteiger partial charge is 0.187 e. The molecular weight excluding hydrogens is 224 g/mol. The first-order valence-electron chi connectivity index (χ1n) is 4.44. The minimum absolute atomic E-state index is 0.00318. The number of nitrogens with zero attached hydrogens (tertiary/aromatic N) is 3. The molecule has 5 nitrogen and oxygen atoms in total. The molecule has 0 aromatic carbocycles. The van der Waals surface area contributed by atoms with Crippen molar-refractivity contribution in [2.24, 2.45) is 5.73 Å². The zero-order valence-corrected chi connectivity index (χ0v) is 9.49. The number of hydrogen-bond donors (Lipinski definition) is 1. The lowest BCUT2D eigenvalue weighted by Crippen LogP contribution is -2.10. The Morgan fingerprint density at radius 1 is 1.56 bits per heavy atom. The van der Waals surface area contributed by atoms with Crippen LogP contribution in [0, 0.1) is 11.3 Å². The molecule has 0 spiro atoms. The van der Waals surface area contributed by atoms with Gasteiger partial charge in [0.2, 0.25) is 0 Å². The zero-order chi connectivity index (χ0) is 12.0. The molecule has 0 saturated carbocycles. The fraction of sp³-hybridized carbons (Fsp3) is 0.200. The summed E-state index contributed by atoms with van der Waals surface area (Å²) in [6.07, 6.45) is 3.18. The summed E-state index contributed by atoms with van der Waals surface area (Å²) in [6, 6.07) is 3.48. The van der Waals surface area contributed by atoms with Crippen LogP contribution in [0.25, 0.3) is 0 Å². The Bertz CT molecular complexity index is 446. The Morgan fingerprint density at radius 3 is 2.69 bits per heavy atom. The second-order valence-electron chi connectivity index (χ2n) is 2.91. The fourth-order valence-electron chi connectivity index (χ4n) is 0.933. The number of carbonyl (C=O) groups is 1. The minimum Gasteiger partial charge on any atom is -0.401 e. The van der Waals surface area contributed by atoms with Crippen LogP contribution in [0.2, 0.25) is 0 Å². The van der Waals surface area contributed by atoms with E-state index in [1.807, 2.05) is 0 Å². The largest absolute Gasteiger partial charge is 0.401 e. The van der Waals surface area contributed by atoms with E-state index in [4.69, 9.17) is 11.0 Å². The van der Waals surface area contributed by atoms with Gasteiger partial charge in [-0.3, -0.25) is 4.79 Å². The number of nitriles is 1. The Hall–Kier alpha value is -1.87. The van der Waals surface area contributed by atoms with Gasteiger partial charge in [0.1, 0.15) is 11.6 Å². The molecule has 0 fully saturated rings. The molecule has 0 radical (unpaired) electrons. The molecule has 2 N–H and O–H groups in total. The molecular formula is C10H10N4OS. The molecule has 16 heavy (non-hydrogen) atoms. The summed E-state index contributed by atoms with van der Waals surface area (Å²) in [4.78, 5) is 19.5. The second-order valence-corrected chi connectivity index (χ2v) is 3.86. The molecule has 1 heterocycles. The Balaban J connectivity index is 2.61. The number of rotatable bonds is 4. The lowest BCUT2D eigenvalue weighted by atomic mass is 10.2. The van der Waals surface area contributed by atoms with Crippen LogP contribution in [0.3, 0.4) is 0 Å². The molecule has 0 atom stereocenters. The molecule has 1 aromatic rings. The number of carbonyl (C=O) groups excluding carboxylic acids is 1. The monoisotopic (exact) mass is 234 g/mol. The van der Waals surface area contributed by atoms with Crippen LogP contribution in [-0.2, 0) is 4.79 Å².